The summed E-state index contributed by atoms with van der Waals surface area (Å²) in [6.07, 6.45) is 3.22. The highest BCUT2D eigenvalue weighted by molar-refractivity contribution is 6.37. The van der Waals surface area contributed by atoms with Crippen molar-refractivity contribution in [1.29, 1.82) is 0 Å². The van der Waals surface area contributed by atoms with Crippen LogP contribution < -0.4 is 15.0 Å². The second-order valence-electron chi connectivity index (χ2n) is 5.84. The van der Waals surface area contributed by atoms with Crippen LogP contribution in [0.4, 0.5) is 5.69 Å². The summed E-state index contributed by atoms with van der Waals surface area (Å²) in [4.78, 5) is 14.0. The highest BCUT2D eigenvalue weighted by Crippen LogP contribution is 2.45. The second kappa shape index (κ2) is 6.55. The first kappa shape index (κ1) is 15.8. The van der Waals surface area contributed by atoms with Crippen LogP contribution in [0.25, 0.3) is 0 Å². The molecule has 3 rings (SSSR count). The molecule has 2 heterocycles. The number of benzene rings is 1. The molecule has 0 bridgehead atoms. The molecular weight excluding hydrogens is 323 g/mol. The van der Waals surface area contributed by atoms with Crippen molar-refractivity contribution in [1.82, 2.24) is 5.32 Å². The summed E-state index contributed by atoms with van der Waals surface area (Å²) in [7, 11) is 0. The van der Waals surface area contributed by atoms with Crippen LogP contribution in [-0.2, 0) is 11.2 Å². The molecule has 1 aromatic carbocycles. The third-order valence-electron chi connectivity index (χ3n) is 4.20. The summed E-state index contributed by atoms with van der Waals surface area (Å²) in [6.45, 7) is 4.32. The fourth-order valence-corrected chi connectivity index (χ4v) is 3.91. The molecular formula is C16H20Cl2N2O2. The summed E-state index contributed by atoms with van der Waals surface area (Å²) in [5, 5.41) is 4.34. The molecule has 1 atom stereocenters. The number of ether oxygens (including phenoxy) is 1. The molecule has 22 heavy (non-hydrogen) atoms. The Hall–Kier alpha value is -1.13. The zero-order valence-electron chi connectivity index (χ0n) is 12.6. The van der Waals surface area contributed by atoms with Crippen molar-refractivity contribution < 1.29 is 9.53 Å². The minimum atomic E-state index is 0.130. The number of amides is 1. The third kappa shape index (κ3) is 2.99. The Morgan fingerprint density at radius 2 is 2.27 bits per heavy atom. The summed E-state index contributed by atoms with van der Waals surface area (Å²) < 4.78 is 5.62. The highest BCUT2D eigenvalue weighted by atomic mass is 35.5. The van der Waals surface area contributed by atoms with Crippen LogP contribution in [0.3, 0.4) is 0 Å². The van der Waals surface area contributed by atoms with Crippen molar-refractivity contribution >= 4 is 34.8 Å². The number of fused-ring (bicyclic) bond motifs is 1. The lowest BCUT2D eigenvalue weighted by molar-refractivity contribution is -0.121. The summed E-state index contributed by atoms with van der Waals surface area (Å²) in [5.74, 6) is 0.893. The Balaban J connectivity index is 1.77. The van der Waals surface area contributed by atoms with Crippen LogP contribution in [0.1, 0.15) is 31.7 Å². The van der Waals surface area contributed by atoms with Gasteiger partial charge in [0.15, 0.2) is 0 Å². The SMILES string of the molecule is CCCC(=O)N[C@H]1CCN(c2c(Cl)cc(Cl)c3c2CCO3)C1. The van der Waals surface area contributed by atoms with E-state index in [1.807, 2.05) is 6.92 Å². The Bertz CT molecular complexity index is 592. The Morgan fingerprint density at radius 3 is 3.05 bits per heavy atom. The molecule has 1 fully saturated rings. The van der Waals surface area contributed by atoms with E-state index in [0.717, 1.165) is 49.4 Å². The van der Waals surface area contributed by atoms with Crippen LogP contribution >= 0.6 is 23.2 Å². The molecule has 0 spiro atoms. The number of rotatable bonds is 4. The van der Waals surface area contributed by atoms with E-state index in [1.54, 1.807) is 6.07 Å². The molecule has 0 saturated carbocycles. The molecule has 4 nitrogen and oxygen atoms in total. The zero-order chi connectivity index (χ0) is 15.7. The fourth-order valence-electron chi connectivity index (χ4n) is 3.23. The van der Waals surface area contributed by atoms with Crippen molar-refractivity contribution in [3.8, 4) is 5.75 Å². The molecule has 6 heteroatoms. The first-order valence-corrected chi connectivity index (χ1v) is 8.53. The normalized spacial score (nSPS) is 20.0. The zero-order valence-corrected chi connectivity index (χ0v) is 14.1. The number of carbonyl (C=O) groups excluding carboxylic acids is 1. The van der Waals surface area contributed by atoms with Gasteiger partial charge in [0.1, 0.15) is 5.75 Å². The van der Waals surface area contributed by atoms with E-state index in [1.165, 1.54) is 0 Å². The van der Waals surface area contributed by atoms with Gasteiger partial charge >= 0.3 is 0 Å². The van der Waals surface area contributed by atoms with Gasteiger partial charge in [-0.05, 0) is 18.9 Å². The number of hydrogen-bond acceptors (Lipinski definition) is 3. The number of carbonyl (C=O) groups is 1. The predicted octanol–water partition coefficient (Wildman–Crippen LogP) is 3.42. The standard InChI is InChI=1S/C16H20Cl2N2O2/c1-2-3-14(21)19-10-4-6-20(9-10)15-11-5-7-22-16(11)13(18)8-12(15)17/h8,10H,2-7,9H2,1H3,(H,19,21)/t10-/m0/s1. The lowest BCUT2D eigenvalue weighted by Crippen LogP contribution is -2.37. The minimum absolute atomic E-state index is 0.130. The average molecular weight is 343 g/mol. The highest BCUT2D eigenvalue weighted by Gasteiger charge is 2.30. The Morgan fingerprint density at radius 1 is 1.45 bits per heavy atom. The lowest BCUT2D eigenvalue weighted by Gasteiger charge is -2.23. The quantitative estimate of drug-likeness (QED) is 0.911. The van der Waals surface area contributed by atoms with Gasteiger partial charge in [-0.1, -0.05) is 30.1 Å². The van der Waals surface area contributed by atoms with Gasteiger partial charge in [0.2, 0.25) is 5.91 Å². The molecule has 1 N–H and O–H groups in total. The van der Waals surface area contributed by atoms with Crippen LogP contribution in [0.5, 0.6) is 5.75 Å². The maximum absolute atomic E-state index is 11.7. The lowest BCUT2D eigenvalue weighted by atomic mass is 10.1. The van der Waals surface area contributed by atoms with E-state index in [4.69, 9.17) is 27.9 Å². The van der Waals surface area contributed by atoms with Crippen LogP contribution in [0, 0.1) is 0 Å². The van der Waals surface area contributed by atoms with Crippen molar-refractivity contribution in [2.75, 3.05) is 24.6 Å². The van der Waals surface area contributed by atoms with Crippen LogP contribution in [0.2, 0.25) is 10.0 Å². The van der Waals surface area contributed by atoms with Gasteiger partial charge in [-0.25, -0.2) is 0 Å². The molecule has 1 saturated heterocycles. The van der Waals surface area contributed by atoms with Crippen LogP contribution in [-0.4, -0.2) is 31.6 Å². The van der Waals surface area contributed by atoms with E-state index in [2.05, 4.69) is 10.2 Å². The number of halogens is 2. The summed E-state index contributed by atoms with van der Waals surface area (Å²) in [6, 6.07) is 1.94. The molecule has 0 aromatic heterocycles. The molecule has 2 aliphatic heterocycles. The number of nitrogens with one attached hydrogen (secondary N) is 1. The third-order valence-corrected chi connectivity index (χ3v) is 4.77. The van der Waals surface area contributed by atoms with E-state index in [-0.39, 0.29) is 11.9 Å². The van der Waals surface area contributed by atoms with Gasteiger partial charge in [-0.15, -0.1) is 0 Å². The summed E-state index contributed by atoms with van der Waals surface area (Å²) >= 11 is 12.6. The van der Waals surface area contributed by atoms with Gasteiger partial charge in [0, 0.05) is 37.5 Å². The number of anilines is 1. The van der Waals surface area contributed by atoms with Crippen molar-refractivity contribution in [3.63, 3.8) is 0 Å². The maximum atomic E-state index is 11.7. The first-order chi connectivity index (χ1) is 10.6. The molecule has 1 amide bonds. The number of nitrogens with zero attached hydrogens (tertiary/aromatic N) is 1. The van der Waals surface area contributed by atoms with Gasteiger partial charge < -0.3 is 15.0 Å². The van der Waals surface area contributed by atoms with Gasteiger partial charge in [-0.3, -0.25) is 4.79 Å². The van der Waals surface area contributed by atoms with Crippen LogP contribution in [0.15, 0.2) is 6.07 Å². The largest absolute Gasteiger partial charge is 0.491 e. The molecule has 0 radical (unpaired) electrons. The minimum Gasteiger partial charge on any atom is -0.491 e. The van der Waals surface area contributed by atoms with E-state index < -0.39 is 0 Å². The van der Waals surface area contributed by atoms with Crippen molar-refractivity contribution in [2.24, 2.45) is 0 Å². The molecule has 1 aromatic rings. The Labute approximate surface area is 140 Å². The van der Waals surface area contributed by atoms with Crippen molar-refractivity contribution in [2.45, 2.75) is 38.6 Å². The predicted molar refractivity (Wildman–Crippen MR) is 89.3 cm³/mol. The van der Waals surface area contributed by atoms with E-state index in [0.29, 0.717) is 23.1 Å². The van der Waals surface area contributed by atoms with E-state index in [9.17, 15) is 4.79 Å². The molecule has 0 aliphatic carbocycles. The monoisotopic (exact) mass is 342 g/mol. The molecule has 0 unspecified atom stereocenters. The average Bonchev–Trinajstić information content (AvgIpc) is 3.09. The first-order valence-electron chi connectivity index (χ1n) is 7.78. The maximum Gasteiger partial charge on any atom is 0.220 e. The summed E-state index contributed by atoms with van der Waals surface area (Å²) in [5.41, 5.74) is 2.11. The van der Waals surface area contributed by atoms with Crippen molar-refractivity contribution in [3.05, 3.63) is 21.7 Å². The molecule has 120 valence electrons. The Kier molecular flexibility index (Phi) is 4.69. The molecule has 2 aliphatic rings. The fraction of sp³-hybridized carbons (Fsp3) is 0.562. The van der Waals surface area contributed by atoms with E-state index >= 15 is 0 Å². The van der Waals surface area contributed by atoms with Gasteiger partial charge in [-0.2, -0.15) is 0 Å². The van der Waals surface area contributed by atoms with Gasteiger partial charge in [0.25, 0.3) is 0 Å². The van der Waals surface area contributed by atoms with Gasteiger partial charge in [0.05, 0.1) is 22.3 Å². The number of hydrogen-bond donors (Lipinski definition) is 1. The topological polar surface area (TPSA) is 41.6 Å². The second-order valence-corrected chi connectivity index (χ2v) is 6.66. The smallest absolute Gasteiger partial charge is 0.220 e.